The number of nitrogens with one attached hydrogen (secondary N) is 2. The van der Waals surface area contributed by atoms with Crippen LogP contribution in [0.25, 0.3) is 0 Å². The average molecular weight is 364 g/mol. The maximum absolute atomic E-state index is 11.8. The van der Waals surface area contributed by atoms with E-state index in [1.54, 1.807) is 37.3 Å². The highest BCUT2D eigenvalue weighted by Crippen LogP contribution is 2.21. The van der Waals surface area contributed by atoms with E-state index in [0.717, 1.165) is 5.56 Å². The van der Waals surface area contributed by atoms with Gasteiger partial charge in [-0.05, 0) is 38.1 Å². The van der Waals surface area contributed by atoms with Crippen molar-refractivity contribution in [2.75, 3.05) is 5.32 Å². The summed E-state index contributed by atoms with van der Waals surface area (Å²) < 4.78 is 0. The van der Waals surface area contributed by atoms with Crippen molar-refractivity contribution < 1.29 is 9.59 Å². The molecule has 0 spiro atoms. The van der Waals surface area contributed by atoms with Gasteiger partial charge >= 0.3 is 11.8 Å². The van der Waals surface area contributed by atoms with Crippen LogP contribution >= 0.6 is 23.2 Å². The molecule has 7 heteroatoms. The van der Waals surface area contributed by atoms with E-state index in [2.05, 4.69) is 15.8 Å². The Morgan fingerprint density at radius 3 is 2.29 bits per heavy atom. The number of anilines is 1. The first-order valence-electron chi connectivity index (χ1n) is 7.04. The second kappa shape index (κ2) is 7.95. The molecule has 0 aliphatic heterocycles. The van der Waals surface area contributed by atoms with E-state index < -0.39 is 11.8 Å². The number of carbonyl (C=O) groups excluding carboxylic acids is 2. The zero-order chi connectivity index (χ0) is 17.7. The molecule has 0 aliphatic carbocycles. The number of amides is 2. The molecule has 0 fully saturated rings. The number of hydrazone groups is 1. The standard InChI is InChI=1S/C17H15Cl2N3O2/c1-10-3-6-13(7-4-10)20-16(23)17(24)22-21-11(2)14-8-5-12(18)9-15(14)19/h3-9H,1-2H3,(H,20,23)(H,22,24)/b21-11+. The first-order valence-corrected chi connectivity index (χ1v) is 7.80. The van der Waals surface area contributed by atoms with Gasteiger partial charge in [-0.25, -0.2) is 5.43 Å². The Morgan fingerprint density at radius 2 is 1.67 bits per heavy atom. The van der Waals surface area contributed by atoms with Gasteiger partial charge in [0.1, 0.15) is 0 Å². The minimum absolute atomic E-state index is 0.405. The van der Waals surface area contributed by atoms with E-state index >= 15 is 0 Å². The molecule has 0 saturated carbocycles. The summed E-state index contributed by atoms with van der Waals surface area (Å²) in [4.78, 5) is 23.6. The Bertz CT molecular complexity index is 802. The normalized spacial score (nSPS) is 11.1. The van der Waals surface area contributed by atoms with Crippen LogP contribution in [-0.2, 0) is 9.59 Å². The second-order valence-corrected chi connectivity index (χ2v) is 5.93. The Morgan fingerprint density at radius 1 is 1.00 bits per heavy atom. The smallest absolute Gasteiger partial charge is 0.318 e. The molecule has 0 aromatic heterocycles. The van der Waals surface area contributed by atoms with Crippen molar-refractivity contribution in [3.8, 4) is 0 Å². The summed E-state index contributed by atoms with van der Waals surface area (Å²) in [6, 6.07) is 12.0. The average Bonchev–Trinajstić information content (AvgIpc) is 2.54. The quantitative estimate of drug-likeness (QED) is 0.494. The number of benzene rings is 2. The highest BCUT2D eigenvalue weighted by atomic mass is 35.5. The molecule has 124 valence electrons. The van der Waals surface area contributed by atoms with E-state index in [9.17, 15) is 9.59 Å². The number of nitrogens with zero attached hydrogens (tertiary/aromatic N) is 1. The first-order chi connectivity index (χ1) is 11.4. The lowest BCUT2D eigenvalue weighted by Gasteiger charge is -2.06. The molecular weight excluding hydrogens is 349 g/mol. The van der Waals surface area contributed by atoms with Gasteiger partial charge in [0.25, 0.3) is 0 Å². The molecule has 0 radical (unpaired) electrons. The zero-order valence-corrected chi connectivity index (χ0v) is 14.6. The van der Waals surface area contributed by atoms with Crippen molar-refractivity contribution in [2.45, 2.75) is 13.8 Å². The van der Waals surface area contributed by atoms with Crippen LogP contribution in [0.4, 0.5) is 5.69 Å². The molecule has 24 heavy (non-hydrogen) atoms. The van der Waals surface area contributed by atoms with Gasteiger partial charge in [0, 0.05) is 16.3 Å². The summed E-state index contributed by atoms with van der Waals surface area (Å²) in [5, 5.41) is 7.28. The van der Waals surface area contributed by atoms with Crippen molar-refractivity contribution in [3.05, 3.63) is 63.6 Å². The molecule has 0 unspecified atom stereocenters. The molecule has 2 N–H and O–H groups in total. The van der Waals surface area contributed by atoms with Gasteiger partial charge in [-0.1, -0.05) is 47.0 Å². The molecule has 0 aliphatic rings. The molecule has 0 bridgehead atoms. The summed E-state index contributed by atoms with van der Waals surface area (Å²) in [6.07, 6.45) is 0. The number of carbonyl (C=O) groups is 2. The van der Waals surface area contributed by atoms with Gasteiger partial charge in [-0.3, -0.25) is 9.59 Å². The molecule has 0 saturated heterocycles. The molecular formula is C17H15Cl2N3O2. The van der Waals surface area contributed by atoms with Gasteiger partial charge in [-0.15, -0.1) is 0 Å². The van der Waals surface area contributed by atoms with Crippen LogP contribution in [0.5, 0.6) is 0 Å². The van der Waals surface area contributed by atoms with Crippen molar-refractivity contribution >= 4 is 46.4 Å². The summed E-state index contributed by atoms with van der Waals surface area (Å²) >= 11 is 11.9. The summed E-state index contributed by atoms with van der Waals surface area (Å²) in [5.41, 5.74) is 4.85. The van der Waals surface area contributed by atoms with Crippen molar-refractivity contribution in [3.63, 3.8) is 0 Å². The van der Waals surface area contributed by atoms with Crippen LogP contribution in [-0.4, -0.2) is 17.5 Å². The number of aryl methyl sites for hydroxylation is 1. The molecule has 2 rings (SSSR count). The monoisotopic (exact) mass is 363 g/mol. The summed E-state index contributed by atoms with van der Waals surface area (Å²) in [5.74, 6) is -1.68. The fourth-order valence-electron chi connectivity index (χ4n) is 1.85. The predicted molar refractivity (Wildman–Crippen MR) is 96.6 cm³/mol. The first kappa shape index (κ1) is 18.0. The topological polar surface area (TPSA) is 70.6 Å². The zero-order valence-electron chi connectivity index (χ0n) is 13.1. The lowest BCUT2D eigenvalue weighted by Crippen LogP contribution is -2.32. The fraction of sp³-hybridized carbons (Fsp3) is 0.118. The number of halogens is 2. The van der Waals surface area contributed by atoms with Gasteiger partial charge < -0.3 is 5.32 Å². The lowest BCUT2D eigenvalue weighted by molar-refractivity contribution is -0.136. The van der Waals surface area contributed by atoms with E-state index in [1.165, 1.54) is 0 Å². The number of hydrogen-bond acceptors (Lipinski definition) is 3. The van der Waals surface area contributed by atoms with Crippen LogP contribution in [0.3, 0.4) is 0 Å². The van der Waals surface area contributed by atoms with Crippen LogP contribution in [0.1, 0.15) is 18.1 Å². The molecule has 2 aromatic carbocycles. The maximum Gasteiger partial charge on any atom is 0.329 e. The van der Waals surface area contributed by atoms with Gasteiger partial charge in [-0.2, -0.15) is 5.10 Å². The third kappa shape index (κ3) is 4.81. The molecule has 0 heterocycles. The Kier molecular flexibility index (Phi) is 5.95. The summed E-state index contributed by atoms with van der Waals surface area (Å²) in [7, 11) is 0. The minimum atomic E-state index is -0.875. The van der Waals surface area contributed by atoms with Gasteiger partial charge in [0.15, 0.2) is 0 Å². The second-order valence-electron chi connectivity index (χ2n) is 5.08. The van der Waals surface area contributed by atoms with E-state index in [1.807, 2.05) is 19.1 Å². The lowest BCUT2D eigenvalue weighted by atomic mass is 10.1. The summed E-state index contributed by atoms with van der Waals surface area (Å²) in [6.45, 7) is 3.59. The van der Waals surface area contributed by atoms with Crippen molar-refractivity contribution in [2.24, 2.45) is 5.10 Å². The van der Waals surface area contributed by atoms with E-state index in [4.69, 9.17) is 23.2 Å². The molecule has 0 atom stereocenters. The van der Waals surface area contributed by atoms with Crippen LogP contribution in [0.2, 0.25) is 10.0 Å². The number of hydrogen-bond donors (Lipinski definition) is 2. The molecule has 5 nitrogen and oxygen atoms in total. The largest absolute Gasteiger partial charge is 0.329 e. The van der Waals surface area contributed by atoms with Crippen LogP contribution in [0.15, 0.2) is 47.6 Å². The van der Waals surface area contributed by atoms with E-state index in [-0.39, 0.29) is 0 Å². The van der Waals surface area contributed by atoms with Crippen LogP contribution in [0, 0.1) is 6.92 Å². The van der Waals surface area contributed by atoms with Crippen molar-refractivity contribution in [1.29, 1.82) is 0 Å². The van der Waals surface area contributed by atoms with Gasteiger partial charge in [0.05, 0.1) is 10.7 Å². The van der Waals surface area contributed by atoms with Gasteiger partial charge in [0.2, 0.25) is 0 Å². The van der Waals surface area contributed by atoms with Crippen LogP contribution < -0.4 is 10.7 Å². The van der Waals surface area contributed by atoms with E-state index in [0.29, 0.717) is 27.0 Å². The minimum Gasteiger partial charge on any atom is -0.318 e. The Labute approximate surface area is 149 Å². The highest BCUT2D eigenvalue weighted by Gasteiger charge is 2.13. The van der Waals surface area contributed by atoms with Crippen molar-refractivity contribution in [1.82, 2.24) is 5.43 Å². The third-order valence-corrected chi connectivity index (χ3v) is 3.71. The number of rotatable bonds is 3. The molecule has 2 aromatic rings. The highest BCUT2D eigenvalue weighted by molar-refractivity contribution is 6.40. The maximum atomic E-state index is 11.8. The fourth-order valence-corrected chi connectivity index (χ4v) is 2.40. The molecule has 2 amide bonds. The third-order valence-electron chi connectivity index (χ3n) is 3.16. The SMILES string of the molecule is C/C(=N\NC(=O)C(=O)Nc1ccc(C)cc1)c1ccc(Cl)cc1Cl. The predicted octanol–water partition coefficient (Wildman–Crippen LogP) is 3.78. The Hall–Kier alpha value is -2.37. The Balaban J connectivity index is 2.00.